The Morgan fingerprint density at radius 1 is 1.33 bits per heavy atom. The first-order valence-electron chi connectivity index (χ1n) is 9.70. The average Bonchev–Trinajstić information content (AvgIpc) is 3.30. The number of fused-ring (bicyclic) bond motifs is 5. The molecule has 1 fully saturated rings. The molecule has 3 aliphatic rings. The molecule has 0 radical (unpaired) electrons. The third-order valence-corrected chi connectivity index (χ3v) is 7.32. The van der Waals surface area contributed by atoms with Crippen LogP contribution in [0.25, 0.3) is 11.3 Å². The zero-order valence-electron chi connectivity index (χ0n) is 15.4. The van der Waals surface area contributed by atoms with Gasteiger partial charge >= 0.3 is 5.97 Å². The van der Waals surface area contributed by atoms with Gasteiger partial charge in [-0.3, -0.25) is 14.2 Å². The van der Waals surface area contributed by atoms with Crippen molar-refractivity contribution in [2.75, 3.05) is 6.61 Å². The largest absolute Gasteiger partial charge is 0.465 e. The fraction of sp³-hybridized carbons (Fsp3) is 0.476. The number of carbonyl (C=O) groups excluding carboxylic acids is 1. The molecule has 0 saturated heterocycles. The lowest BCUT2D eigenvalue weighted by atomic mass is 9.68. The highest BCUT2D eigenvalue weighted by Gasteiger charge is 2.45. The predicted octanol–water partition coefficient (Wildman–Crippen LogP) is 3.32. The Bertz CT molecular complexity index is 991. The Kier molecular flexibility index (Phi) is 3.93. The van der Waals surface area contributed by atoms with E-state index in [1.807, 2.05) is 6.07 Å². The molecule has 6 heteroatoms. The number of rotatable bonds is 2. The van der Waals surface area contributed by atoms with Crippen molar-refractivity contribution in [2.24, 2.45) is 0 Å². The lowest BCUT2D eigenvalue weighted by Crippen LogP contribution is -2.40. The van der Waals surface area contributed by atoms with Crippen LogP contribution in [0, 0.1) is 0 Å². The van der Waals surface area contributed by atoms with Crippen LogP contribution in [0.1, 0.15) is 43.7 Å². The van der Waals surface area contributed by atoms with Gasteiger partial charge in [-0.2, -0.15) is 0 Å². The summed E-state index contributed by atoms with van der Waals surface area (Å²) in [5, 5.41) is 0.255. The Balaban J connectivity index is 1.69. The molecule has 1 aromatic heterocycles. The molecule has 1 saturated carbocycles. The molecular weight excluding hydrogens is 360 g/mol. The van der Waals surface area contributed by atoms with Crippen molar-refractivity contribution in [1.82, 2.24) is 9.55 Å². The summed E-state index contributed by atoms with van der Waals surface area (Å²) in [4.78, 5) is 30.7. The first-order chi connectivity index (χ1) is 13.1. The number of hydrogen-bond donors (Lipinski definition) is 0. The van der Waals surface area contributed by atoms with Crippen LogP contribution in [0.2, 0.25) is 0 Å². The van der Waals surface area contributed by atoms with Gasteiger partial charge in [-0.1, -0.05) is 48.9 Å². The van der Waals surface area contributed by atoms with Crippen LogP contribution in [0.3, 0.4) is 0 Å². The number of thioether (sulfide) groups is 1. The molecule has 0 bridgehead atoms. The fourth-order valence-corrected chi connectivity index (χ4v) is 6.06. The van der Waals surface area contributed by atoms with E-state index in [4.69, 9.17) is 9.72 Å². The fourth-order valence-electron chi connectivity index (χ4n) is 4.98. The maximum atomic E-state index is 13.6. The third-order valence-electron chi connectivity index (χ3n) is 6.17. The van der Waals surface area contributed by atoms with Crippen LogP contribution in [0.15, 0.2) is 34.2 Å². The first kappa shape index (κ1) is 17.0. The van der Waals surface area contributed by atoms with Crippen LogP contribution in [-0.2, 0) is 27.9 Å². The van der Waals surface area contributed by atoms with Crippen molar-refractivity contribution >= 4 is 17.7 Å². The molecule has 2 aromatic rings. The van der Waals surface area contributed by atoms with Gasteiger partial charge in [-0.05, 0) is 31.7 Å². The summed E-state index contributed by atoms with van der Waals surface area (Å²) in [7, 11) is 0. The summed E-state index contributed by atoms with van der Waals surface area (Å²) >= 11 is 1.35. The van der Waals surface area contributed by atoms with E-state index in [0.29, 0.717) is 18.3 Å². The second-order valence-corrected chi connectivity index (χ2v) is 8.88. The van der Waals surface area contributed by atoms with E-state index >= 15 is 0 Å². The Labute approximate surface area is 162 Å². The van der Waals surface area contributed by atoms with Crippen molar-refractivity contribution in [3.05, 3.63) is 45.7 Å². The summed E-state index contributed by atoms with van der Waals surface area (Å²) in [5.41, 5.74) is 4.03. The van der Waals surface area contributed by atoms with Crippen molar-refractivity contribution in [3.8, 4) is 11.3 Å². The number of carbonyl (C=O) groups is 1. The Hall–Kier alpha value is -2.08. The lowest BCUT2D eigenvalue weighted by molar-refractivity contribution is -0.142. The number of aromatic nitrogens is 2. The van der Waals surface area contributed by atoms with E-state index in [1.54, 1.807) is 11.5 Å². The van der Waals surface area contributed by atoms with Crippen LogP contribution >= 0.6 is 11.8 Å². The molecule has 27 heavy (non-hydrogen) atoms. The molecule has 2 heterocycles. The topological polar surface area (TPSA) is 61.2 Å². The molecule has 1 spiro atoms. The van der Waals surface area contributed by atoms with Gasteiger partial charge < -0.3 is 4.74 Å². The monoisotopic (exact) mass is 382 g/mol. The van der Waals surface area contributed by atoms with E-state index in [9.17, 15) is 9.59 Å². The van der Waals surface area contributed by atoms with Gasteiger partial charge in [0, 0.05) is 11.0 Å². The molecule has 2 aliphatic carbocycles. The van der Waals surface area contributed by atoms with Crippen LogP contribution in [0.5, 0.6) is 0 Å². The van der Waals surface area contributed by atoms with E-state index in [0.717, 1.165) is 48.9 Å². The highest BCUT2D eigenvalue weighted by molar-refractivity contribution is 8.00. The number of hydrogen-bond acceptors (Lipinski definition) is 5. The van der Waals surface area contributed by atoms with Crippen LogP contribution < -0.4 is 5.56 Å². The molecule has 5 rings (SSSR count). The molecule has 5 nitrogen and oxygen atoms in total. The number of esters is 1. The minimum atomic E-state index is -0.385. The van der Waals surface area contributed by atoms with Gasteiger partial charge in [0.1, 0.15) is 5.25 Å². The summed E-state index contributed by atoms with van der Waals surface area (Å²) in [5.74, 6) is -0.263. The second-order valence-electron chi connectivity index (χ2n) is 7.71. The summed E-state index contributed by atoms with van der Waals surface area (Å²) in [6.07, 6.45) is 5.31. The predicted molar refractivity (Wildman–Crippen MR) is 104 cm³/mol. The zero-order valence-corrected chi connectivity index (χ0v) is 16.2. The van der Waals surface area contributed by atoms with Crippen LogP contribution in [0.4, 0.5) is 0 Å². The van der Waals surface area contributed by atoms with Crippen molar-refractivity contribution in [3.63, 3.8) is 0 Å². The average molecular weight is 382 g/mol. The Morgan fingerprint density at radius 2 is 2.11 bits per heavy atom. The molecule has 140 valence electrons. The second kappa shape index (κ2) is 6.23. The van der Waals surface area contributed by atoms with Crippen molar-refractivity contribution in [1.29, 1.82) is 0 Å². The lowest BCUT2D eigenvalue weighted by Gasteiger charge is -2.36. The number of ether oxygens (including phenoxy) is 1. The molecule has 0 unspecified atom stereocenters. The Morgan fingerprint density at radius 3 is 2.89 bits per heavy atom. The van der Waals surface area contributed by atoms with E-state index < -0.39 is 0 Å². The molecule has 1 aliphatic heterocycles. The summed E-state index contributed by atoms with van der Waals surface area (Å²) in [6, 6.07) is 8.32. The smallest absolute Gasteiger partial charge is 0.321 e. The minimum absolute atomic E-state index is 0.0469. The van der Waals surface area contributed by atoms with Gasteiger partial charge in [0.15, 0.2) is 5.16 Å². The number of nitrogens with zero attached hydrogens (tertiary/aromatic N) is 2. The molecule has 0 amide bonds. The van der Waals surface area contributed by atoms with Gasteiger partial charge in [0.05, 0.1) is 24.4 Å². The normalized spacial score (nSPS) is 21.6. The third kappa shape index (κ3) is 2.49. The van der Waals surface area contributed by atoms with Crippen LogP contribution in [-0.4, -0.2) is 27.4 Å². The summed E-state index contributed by atoms with van der Waals surface area (Å²) < 4.78 is 6.88. The van der Waals surface area contributed by atoms with E-state index in [2.05, 4.69) is 18.2 Å². The molecule has 0 N–H and O–H groups in total. The minimum Gasteiger partial charge on any atom is -0.465 e. The standard InChI is InChI=1S/C21H22N2O3S/c1-2-26-19(25)15-12-23-18(24)16-17(22-20(23)27-15)14-8-4-3-7-13(14)11-21(16)9-5-6-10-21/h3-4,7-8,15H,2,5-6,9-12H2,1H3/t15-/m1/s1. The molecule has 1 atom stereocenters. The SMILES string of the molecule is CCOC(=O)[C@H]1Cn2c(nc3c(c2=O)C2(CCCC2)Cc2ccccc2-3)S1. The summed E-state index contributed by atoms with van der Waals surface area (Å²) in [6.45, 7) is 2.51. The highest BCUT2D eigenvalue weighted by Crippen LogP contribution is 2.50. The van der Waals surface area contributed by atoms with Crippen molar-refractivity contribution in [2.45, 2.75) is 61.4 Å². The highest BCUT2D eigenvalue weighted by atomic mass is 32.2. The molecular formula is C21H22N2O3S. The first-order valence-corrected chi connectivity index (χ1v) is 10.6. The van der Waals surface area contributed by atoms with E-state index in [1.165, 1.54) is 17.3 Å². The van der Waals surface area contributed by atoms with Gasteiger partial charge in [0.25, 0.3) is 5.56 Å². The number of benzene rings is 1. The van der Waals surface area contributed by atoms with Crippen molar-refractivity contribution < 1.29 is 9.53 Å². The quantitative estimate of drug-likeness (QED) is 0.589. The maximum Gasteiger partial charge on any atom is 0.321 e. The zero-order chi connectivity index (χ0) is 18.6. The van der Waals surface area contributed by atoms with E-state index in [-0.39, 0.29) is 22.2 Å². The van der Waals surface area contributed by atoms with Gasteiger partial charge in [0.2, 0.25) is 0 Å². The van der Waals surface area contributed by atoms with Gasteiger partial charge in [-0.25, -0.2) is 4.98 Å². The molecule has 1 aromatic carbocycles. The maximum absolute atomic E-state index is 13.6. The van der Waals surface area contributed by atoms with Gasteiger partial charge in [-0.15, -0.1) is 0 Å².